The number of halogens is 1. The second-order valence-electron chi connectivity index (χ2n) is 8.41. The molecule has 4 rings (SSSR count). The largest absolute Gasteiger partial charge is 0.374 e. The number of alkyl halides is 1. The summed E-state index contributed by atoms with van der Waals surface area (Å²) < 4.78 is 39.1. The lowest BCUT2D eigenvalue weighted by Crippen LogP contribution is -2.55. The van der Waals surface area contributed by atoms with Crippen LogP contribution >= 0.6 is 0 Å². The molecule has 0 saturated carbocycles. The molecule has 1 aliphatic heterocycles. The van der Waals surface area contributed by atoms with Gasteiger partial charge in [-0.2, -0.15) is 0 Å². The van der Waals surface area contributed by atoms with E-state index in [4.69, 9.17) is 18.9 Å². The monoisotopic (exact) mass is 450 g/mol. The van der Waals surface area contributed by atoms with Crippen molar-refractivity contribution in [2.45, 2.75) is 51.4 Å². The minimum atomic E-state index is -1.45. The predicted molar refractivity (Wildman–Crippen MR) is 125 cm³/mol. The van der Waals surface area contributed by atoms with Crippen molar-refractivity contribution in [1.82, 2.24) is 0 Å². The van der Waals surface area contributed by atoms with Crippen molar-refractivity contribution in [1.29, 1.82) is 0 Å². The second kappa shape index (κ2) is 12.1. The molecule has 1 fully saturated rings. The molecule has 0 unspecified atom stereocenters. The number of hydrogen-bond donors (Lipinski definition) is 0. The van der Waals surface area contributed by atoms with Gasteiger partial charge in [-0.1, -0.05) is 97.9 Å². The first-order valence-corrected chi connectivity index (χ1v) is 11.4. The zero-order chi connectivity index (χ0) is 22.9. The fourth-order valence-corrected chi connectivity index (χ4v) is 4.01. The highest BCUT2D eigenvalue weighted by molar-refractivity contribution is 5.15. The summed E-state index contributed by atoms with van der Waals surface area (Å²) in [4.78, 5) is 0. The minimum Gasteiger partial charge on any atom is -0.374 e. The summed E-state index contributed by atoms with van der Waals surface area (Å²) in [5, 5.41) is 0. The van der Waals surface area contributed by atoms with E-state index in [1.165, 1.54) is 0 Å². The first kappa shape index (κ1) is 23.6. The van der Waals surface area contributed by atoms with Crippen LogP contribution < -0.4 is 0 Å². The summed E-state index contributed by atoms with van der Waals surface area (Å²) in [6.45, 7) is 3.21. The maximum atomic E-state index is 14.9. The molecule has 3 aromatic rings. The molecule has 0 aliphatic carbocycles. The molecule has 1 heterocycles. The molecule has 33 heavy (non-hydrogen) atoms. The van der Waals surface area contributed by atoms with Crippen molar-refractivity contribution in [3.05, 3.63) is 108 Å². The molecule has 0 amide bonds. The van der Waals surface area contributed by atoms with Gasteiger partial charge < -0.3 is 18.9 Å². The molecule has 0 N–H and O–H groups in total. The van der Waals surface area contributed by atoms with E-state index in [2.05, 4.69) is 0 Å². The Morgan fingerprint density at radius 1 is 0.667 bits per heavy atom. The summed E-state index contributed by atoms with van der Waals surface area (Å²) >= 11 is 0. The van der Waals surface area contributed by atoms with Crippen molar-refractivity contribution >= 4 is 0 Å². The Labute approximate surface area is 195 Å². The van der Waals surface area contributed by atoms with Crippen LogP contribution in [0.1, 0.15) is 23.6 Å². The summed E-state index contributed by atoms with van der Waals surface area (Å²) in [6, 6.07) is 29.7. The van der Waals surface area contributed by atoms with Gasteiger partial charge >= 0.3 is 0 Å². The van der Waals surface area contributed by atoms with E-state index in [0.717, 1.165) is 16.7 Å². The average molecular weight is 451 g/mol. The molecule has 5 atom stereocenters. The van der Waals surface area contributed by atoms with Crippen LogP contribution in [0.25, 0.3) is 0 Å². The van der Waals surface area contributed by atoms with E-state index in [1.54, 1.807) is 6.92 Å². The summed E-state index contributed by atoms with van der Waals surface area (Å²) in [5.41, 5.74) is 3.13. The van der Waals surface area contributed by atoms with Gasteiger partial charge in [0.15, 0.2) is 0 Å². The van der Waals surface area contributed by atoms with Gasteiger partial charge in [-0.15, -0.1) is 0 Å². The average Bonchev–Trinajstić information content (AvgIpc) is 2.86. The molecule has 1 aliphatic rings. The van der Waals surface area contributed by atoms with E-state index in [1.807, 2.05) is 91.0 Å². The van der Waals surface area contributed by atoms with Gasteiger partial charge in [0.25, 0.3) is 0 Å². The third-order valence-electron chi connectivity index (χ3n) is 5.89. The highest BCUT2D eigenvalue weighted by Gasteiger charge is 2.45. The van der Waals surface area contributed by atoms with Gasteiger partial charge in [-0.25, -0.2) is 4.39 Å². The van der Waals surface area contributed by atoms with E-state index >= 15 is 0 Å². The summed E-state index contributed by atoms with van der Waals surface area (Å²) in [7, 11) is 0. The van der Waals surface area contributed by atoms with Gasteiger partial charge in [0.1, 0.15) is 12.2 Å². The minimum absolute atomic E-state index is 0.215. The van der Waals surface area contributed by atoms with Crippen LogP contribution in [0, 0.1) is 5.92 Å². The molecule has 5 heteroatoms. The van der Waals surface area contributed by atoms with Crippen LogP contribution in [-0.4, -0.2) is 31.3 Å². The number of benzene rings is 3. The Bertz CT molecular complexity index is 938. The molecule has 174 valence electrons. The Balaban J connectivity index is 1.46. The van der Waals surface area contributed by atoms with Crippen LogP contribution in [-0.2, 0) is 38.8 Å². The molecule has 0 radical (unpaired) electrons. The van der Waals surface area contributed by atoms with Crippen LogP contribution in [0.15, 0.2) is 91.0 Å². The number of ether oxygens (including phenoxy) is 4. The smallest absolute Gasteiger partial charge is 0.204 e. The normalized spacial score (nSPS) is 25.1. The van der Waals surface area contributed by atoms with E-state index in [-0.39, 0.29) is 6.61 Å². The lowest BCUT2D eigenvalue weighted by Gasteiger charge is -2.42. The van der Waals surface area contributed by atoms with Gasteiger partial charge in [0.05, 0.1) is 32.5 Å². The summed E-state index contributed by atoms with van der Waals surface area (Å²) in [6.07, 6.45) is -2.97. The maximum absolute atomic E-state index is 14.9. The third kappa shape index (κ3) is 6.71. The standard InChI is InChI=1S/C28H31FO4/c1-21-26(31-18-23-13-7-3-8-14-23)27(32-19-24-15-9-4-10-16-24)25(33-28(21)29)20-30-17-22-11-5-2-6-12-22/h2-16,21,25-28H,17-20H2,1H3/t21-,25+,26+,27+,28-/m0/s1. The summed E-state index contributed by atoms with van der Waals surface area (Å²) in [5.74, 6) is -0.472. The number of rotatable bonds is 10. The van der Waals surface area contributed by atoms with Crippen LogP contribution in [0.2, 0.25) is 0 Å². The topological polar surface area (TPSA) is 36.9 Å². The molecule has 0 spiro atoms. The molecule has 0 aromatic heterocycles. The molecule has 1 saturated heterocycles. The quantitative estimate of drug-likeness (QED) is 0.397. The van der Waals surface area contributed by atoms with Crippen molar-refractivity contribution < 1.29 is 23.3 Å². The van der Waals surface area contributed by atoms with Crippen LogP contribution in [0.4, 0.5) is 4.39 Å². The zero-order valence-electron chi connectivity index (χ0n) is 18.9. The maximum Gasteiger partial charge on any atom is 0.204 e. The molecule has 3 aromatic carbocycles. The highest BCUT2D eigenvalue weighted by Crippen LogP contribution is 2.32. The van der Waals surface area contributed by atoms with Gasteiger partial charge in [0.2, 0.25) is 6.36 Å². The van der Waals surface area contributed by atoms with Crippen LogP contribution in [0.5, 0.6) is 0 Å². The fraction of sp³-hybridized carbons (Fsp3) is 0.357. The fourth-order valence-electron chi connectivity index (χ4n) is 4.01. The van der Waals surface area contributed by atoms with Crippen LogP contribution in [0.3, 0.4) is 0 Å². The predicted octanol–water partition coefficient (Wildman–Crippen LogP) is 5.70. The van der Waals surface area contributed by atoms with Crippen molar-refractivity contribution in [3.63, 3.8) is 0 Å². The SMILES string of the molecule is C[C@H]1[C@@H](OCc2ccccc2)[C@H](OCc2ccccc2)[C@@H](COCc2ccccc2)O[C@@H]1F. The molecular formula is C28H31FO4. The van der Waals surface area contributed by atoms with E-state index < -0.39 is 30.6 Å². The van der Waals surface area contributed by atoms with Crippen molar-refractivity contribution in [3.8, 4) is 0 Å². The Kier molecular flexibility index (Phi) is 8.61. The molecule has 0 bridgehead atoms. The van der Waals surface area contributed by atoms with Crippen molar-refractivity contribution in [2.24, 2.45) is 5.92 Å². The zero-order valence-corrected chi connectivity index (χ0v) is 18.9. The lowest BCUT2D eigenvalue weighted by molar-refractivity contribution is -0.269. The van der Waals surface area contributed by atoms with Gasteiger partial charge in [-0.3, -0.25) is 0 Å². The first-order chi connectivity index (χ1) is 16.2. The highest BCUT2D eigenvalue weighted by atomic mass is 19.1. The van der Waals surface area contributed by atoms with E-state index in [9.17, 15) is 4.39 Å². The van der Waals surface area contributed by atoms with Crippen molar-refractivity contribution in [2.75, 3.05) is 6.61 Å². The molecule has 4 nitrogen and oxygen atoms in total. The third-order valence-corrected chi connectivity index (χ3v) is 5.89. The van der Waals surface area contributed by atoms with Gasteiger partial charge in [-0.05, 0) is 16.7 Å². The Morgan fingerprint density at radius 3 is 1.64 bits per heavy atom. The Morgan fingerprint density at radius 2 is 1.12 bits per heavy atom. The number of hydrogen-bond acceptors (Lipinski definition) is 4. The second-order valence-corrected chi connectivity index (χ2v) is 8.41. The molecular weight excluding hydrogens is 419 g/mol. The van der Waals surface area contributed by atoms with Gasteiger partial charge in [0, 0.05) is 5.92 Å². The first-order valence-electron chi connectivity index (χ1n) is 11.4. The van der Waals surface area contributed by atoms with E-state index in [0.29, 0.717) is 19.8 Å². The lowest BCUT2D eigenvalue weighted by atomic mass is 9.92. The Hall–Kier alpha value is -2.57.